The Hall–Kier alpha value is -3.81. The highest BCUT2D eigenvalue weighted by molar-refractivity contribution is 5.94. The summed E-state index contributed by atoms with van der Waals surface area (Å²) < 4.78 is 15.9. The average molecular weight is 449 g/mol. The van der Waals surface area contributed by atoms with Crippen molar-refractivity contribution in [1.29, 1.82) is 0 Å². The minimum atomic E-state index is -0.0833. The fraction of sp³-hybridized carbons (Fsp3) is 0.320. The van der Waals surface area contributed by atoms with E-state index in [9.17, 15) is 4.79 Å². The first-order valence-corrected chi connectivity index (χ1v) is 10.9. The summed E-state index contributed by atoms with van der Waals surface area (Å²) in [5.41, 5.74) is 2.47. The van der Waals surface area contributed by atoms with Gasteiger partial charge < -0.3 is 24.4 Å². The molecule has 0 bridgehead atoms. The van der Waals surface area contributed by atoms with Gasteiger partial charge in [-0.15, -0.1) is 0 Å². The molecular weight excluding hydrogens is 420 g/mol. The quantitative estimate of drug-likeness (QED) is 0.584. The number of amides is 1. The predicted molar refractivity (Wildman–Crippen MR) is 127 cm³/mol. The SMILES string of the molecule is COc1ccc(-c2cc(N3CCC(C(=O)Nc4cc(OC)ccc4OC)CC3)ncn2)cc1. The Balaban J connectivity index is 1.39. The van der Waals surface area contributed by atoms with Gasteiger partial charge in [-0.3, -0.25) is 4.79 Å². The van der Waals surface area contributed by atoms with Gasteiger partial charge in [-0.05, 0) is 49.2 Å². The summed E-state index contributed by atoms with van der Waals surface area (Å²) >= 11 is 0. The molecule has 1 saturated heterocycles. The third kappa shape index (κ3) is 5.16. The van der Waals surface area contributed by atoms with Gasteiger partial charge in [0.2, 0.25) is 5.91 Å². The second kappa shape index (κ2) is 10.2. The van der Waals surface area contributed by atoms with Gasteiger partial charge >= 0.3 is 0 Å². The molecule has 1 N–H and O–H groups in total. The maximum atomic E-state index is 12.9. The lowest BCUT2D eigenvalue weighted by Gasteiger charge is -2.32. The molecule has 0 aliphatic carbocycles. The molecule has 0 saturated carbocycles. The monoisotopic (exact) mass is 448 g/mol. The molecule has 0 unspecified atom stereocenters. The fourth-order valence-corrected chi connectivity index (χ4v) is 3.96. The molecule has 1 aromatic heterocycles. The second-order valence-corrected chi connectivity index (χ2v) is 7.81. The van der Waals surface area contributed by atoms with Crippen LogP contribution in [0.4, 0.5) is 11.5 Å². The molecule has 2 heterocycles. The lowest BCUT2D eigenvalue weighted by Crippen LogP contribution is -2.38. The lowest BCUT2D eigenvalue weighted by molar-refractivity contribution is -0.120. The average Bonchev–Trinajstić information content (AvgIpc) is 2.88. The first-order chi connectivity index (χ1) is 16.1. The highest BCUT2D eigenvalue weighted by Gasteiger charge is 2.26. The molecule has 33 heavy (non-hydrogen) atoms. The van der Waals surface area contributed by atoms with Gasteiger partial charge in [-0.2, -0.15) is 0 Å². The number of nitrogens with one attached hydrogen (secondary N) is 1. The highest BCUT2D eigenvalue weighted by Crippen LogP contribution is 2.31. The van der Waals surface area contributed by atoms with Crippen LogP contribution < -0.4 is 24.4 Å². The predicted octanol–water partition coefficient (Wildman–Crippen LogP) is 4.02. The van der Waals surface area contributed by atoms with Crippen molar-refractivity contribution in [3.8, 4) is 28.5 Å². The molecule has 1 amide bonds. The van der Waals surface area contributed by atoms with Crippen LogP contribution in [-0.2, 0) is 4.79 Å². The molecule has 8 nitrogen and oxygen atoms in total. The summed E-state index contributed by atoms with van der Waals surface area (Å²) in [6.45, 7) is 1.48. The standard InChI is InChI=1S/C25H28N4O4/c1-31-19-6-4-17(5-7-19)21-15-24(27-16-26-21)29-12-10-18(11-13-29)25(30)28-22-14-20(32-2)8-9-23(22)33-3/h4-9,14-16,18H,10-13H2,1-3H3,(H,28,30). The van der Waals surface area contributed by atoms with Crippen molar-refractivity contribution in [1.82, 2.24) is 9.97 Å². The number of rotatable bonds is 7. The smallest absolute Gasteiger partial charge is 0.227 e. The molecule has 4 rings (SSSR count). The zero-order valence-electron chi connectivity index (χ0n) is 19.1. The van der Waals surface area contributed by atoms with Crippen LogP contribution in [0.25, 0.3) is 11.3 Å². The highest BCUT2D eigenvalue weighted by atomic mass is 16.5. The normalized spacial score (nSPS) is 14.0. The van der Waals surface area contributed by atoms with Crippen LogP contribution >= 0.6 is 0 Å². The Morgan fingerprint density at radius 2 is 1.61 bits per heavy atom. The Labute approximate surface area is 193 Å². The van der Waals surface area contributed by atoms with E-state index in [1.807, 2.05) is 30.3 Å². The minimum Gasteiger partial charge on any atom is -0.497 e. The van der Waals surface area contributed by atoms with Crippen molar-refractivity contribution in [2.45, 2.75) is 12.8 Å². The number of hydrogen-bond donors (Lipinski definition) is 1. The van der Waals surface area contributed by atoms with E-state index in [-0.39, 0.29) is 11.8 Å². The van der Waals surface area contributed by atoms with Gasteiger partial charge in [0.15, 0.2) is 0 Å². The zero-order valence-corrected chi connectivity index (χ0v) is 19.1. The summed E-state index contributed by atoms with van der Waals surface area (Å²) in [6.07, 6.45) is 3.06. The molecule has 1 fully saturated rings. The number of piperidine rings is 1. The van der Waals surface area contributed by atoms with Crippen LogP contribution in [0.15, 0.2) is 54.9 Å². The van der Waals surface area contributed by atoms with Crippen LogP contribution in [0.2, 0.25) is 0 Å². The molecule has 2 aromatic carbocycles. The van der Waals surface area contributed by atoms with Crippen molar-refractivity contribution in [2.75, 3.05) is 44.6 Å². The zero-order chi connectivity index (χ0) is 23.2. The van der Waals surface area contributed by atoms with Gasteiger partial charge in [0.1, 0.15) is 29.4 Å². The molecule has 172 valence electrons. The number of aromatic nitrogens is 2. The van der Waals surface area contributed by atoms with E-state index in [4.69, 9.17) is 14.2 Å². The topological polar surface area (TPSA) is 85.8 Å². The van der Waals surface area contributed by atoms with E-state index < -0.39 is 0 Å². The Morgan fingerprint density at radius 1 is 0.909 bits per heavy atom. The number of ether oxygens (including phenoxy) is 3. The van der Waals surface area contributed by atoms with Crippen molar-refractivity contribution in [2.24, 2.45) is 5.92 Å². The van der Waals surface area contributed by atoms with Crippen LogP contribution in [0.3, 0.4) is 0 Å². The Morgan fingerprint density at radius 3 is 2.27 bits per heavy atom. The van der Waals surface area contributed by atoms with Crippen molar-refractivity contribution >= 4 is 17.4 Å². The Kier molecular flexibility index (Phi) is 6.92. The van der Waals surface area contributed by atoms with E-state index in [1.54, 1.807) is 45.9 Å². The minimum absolute atomic E-state index is 0.0113. The summed E-state index contributed by atoms with van der Waals surface area (Å²) in [5, 5.41) is 3.00. The molecule has 1 aliphatic heterocycles. The summed E-state index contributed by atoms with van der Waals surface area (Å²) in [7, 11) is 4.82. The van der Waals surface area contributed by atoms with E-state index >= 15 is 0 Å². The van der Waals surface area contributed by atoms with Crippen molar-refractivity contribution in [3.63, 3.8) is 0 Å². The van der Waals surface area contributed by atoms with E-state index in [0.717, 1.165) is 48.8 Å². The van der Waals surface area contributed by atoms with Crippen LogP contribution in [0, 0.1) is 5.92 Å². The molecule has 0 radical (unpaired) electrons. The molecule has 0 spiro atoms. The third-order valence-electron chi connectivity index (χ3n) is 5.89. The molecule has 8 heteroatoms. The summed E-state index contributed by atoms with van der Waals surface area (Å²) in [6, 6.07) is 15.1. The van der Waals surface area contributed by atoms with Gasteiger partial charge in [0.25, 0.3) is 0 Å². The van der Waals surface area contributed by atoms with Gasteiger partial charge in [-0.1, -0.05) is 0 Å². The fourth-order valence-electron chi connectivity index (χ4n) is 3.96. The number of carbonyl (C=O) groups is 1. The maximum Gasteiger partial charge on any atom is 0.227 e. The van der Waals surface area contributed by atoms with Gasteiger partial charge in [0.05, 0.1) is 32.7 Å². The Bertz CT molecular complexity index is 1100. The largest absolute Gasteiger partial charge is 0.497 e. The maximum absolute atomic E-state index is 12.9. The van der Waals surface area contributed by atoms with Crippen molar-refractivity contribution < 1.29 is 19.0 Å². The van der Waals surface area contributed by atoms with E-state index in [2.05, 4.69) is 20.2 Å². The van der Waals surface area contributed by atoms with Crippen molar-refractivity contribution in [3.05, 3.63) is 54.9 Å². The van der Waals surface area contributed by atoms with E-state index in [0.29, 0.717) is 17.2 Å². The van der Waals surface area contributed by atoms with Gasteiger partial charge in [0, 0.05) is 36.7 Å². The number of methoxy groups -OCH3 is 3. The number of hydrogen-bond acceptors (Lipinski definition) is 7. The number of benzene rings is 2. The number of anilines is 2. The first-order valence-electron chi connectivity index (χ1n) is 10.9. The molecular formula is C25H28N4O4. The van der Waals surface area contributed by atoms with Gasteiger partial charge in [-0.25, -0.2) is 9.97 Å². The first kappa shape index (κ1) is 22.4. The second-order valence-electron chi connectivity index (χ2n) is 7.81. The van der Waals surface area contributed by atoms with Crippen LogP contribution in [-0.4, -0.2) is 50.3 Å². The summed E-state index contributed by atoms with van der Waals surface area (Å²) in [4.78, 5) is 24.0. The van der Waals surface area contributed by atoms with E-state index in [1.165, 1.54) is 0 Å². The molecule has 0 atom stereocenters. The van der Waals surface area contributed by atoms with Crippen LogP contribution in [0.1, 0.15) is 12.8 Å². The third-order valence-corrected chi connectivity index (χ3v) is 5.89. The molecule has 1 aliphatic rings. The van der Waals surface area contributed by atoms with Crippen LogP contribution in [0.5, 0.6) is 17.2 Å². The summed E-state index contributed by atoms with van der Waals surface area (Å²) in [5.74, 6) is 2.85. The molecule has 3 aromatic rings. The number of carbonyl (C=O) groups excluding carboxylic acids is 1. The number of nitrogens with zero attached hydrogens (tertiary/aromatic N) is 3. The lowest BCUT2D eigenvalue weighted by atomic mass is 9.95.